The van der Waals surface area contributed by atoms with E-state index >= 15 is 0 Å². The first-order chi connectivity index (χ1) is 9.67. The number of ether oxygens (including phenoxy) is 1. The quantitative estimate of drug-likeness (QED) is 0.860. The van der Waals surface area contributed by atoms with Crippen LogP contribution in [-0.4, -0.2) is 48.9 Å². The minimum Gasteiger partial charge on any atom is -0.493 e. The Morgan fingerprint density at radius 1 is 1.55 bits per heavy atom. The van der Waals surface area contributed by atoms with Crippen molar-refractivity contribution in [2.45, 2.75) is 25.9 Å². The fraction of sp³-hybridized carbons (Fsp3) is 0.600. The Morgan fingerprint density at radius 3 is 2.95 bits per heavy atom. The standard InChI is InChI=1S/C15H23BrN2O2/c1-3-20-15-5-4-12(8-13(15)16)14(10-19)18-7-6-17-9-11(18)2/h4-5,8,11,14,17,19H,3,6-7,9-10H2,1-2H3. The van der Waals surface area contributed by atoms with Crippen LogP contribution in [0, 0.1) is 0 Å². The van der Waals surface area contributed by atoms with Gasteiger partial charge < -0.3 is 15.2 Å². The molecule has 1 heterocycles. The van der Waals surface area contributed by atoms with E-state index in [2.05, 4.69) is 39.1 Å². The number of piperazine rings is 1. The third-order valence-electron chi connectivity index (χ3n) is 3.77. The van der Waals surface area contributed by atoms with Crippen LogP contribution in [0.15, 0.2) is 22.7 Å². The summed E-state index contributed by atoms with van der Waals surface area (Å²) in [4.78, 5) is 2.36. The largest absolute Gasteiger partial charge is 0.493 e. The first-order valence-corrected chi connectivity index (χ1v) is 7.96. The second kappa shape index (κ2) is 7.41. The normalized spacial score (nSPS) is 21.7. The summed E-state index contributed by atoms with van der Waals surface area (Å²) in [5, 5.41) is 13.2. The third kappa shape index (κ3) is 3.52. The van der Waals surface area contributed by atoms with Crippen molar-refractivity contribution in [2.24, 2.45) is 0 Å². The summed E-state index contributed by atoms with van der Waals surface area (Å²) in [6, 6.07) is 6.54. The molecule has 2 rings (SSSR count). The second-order valence-corrected chi connectivity index (χ2v) is 5.97. The molecule has 5 heteroatoms. The van der Waals surface area contributed by atoms with Crippen molar-refractivity contribution in [3.05, 3.63) is 28.2 Å². The van der Waals surface area contributed by atoms with Gasteiger partial charge in [0.05, 0.1) is 23.7 Å². The molecule has 0 aromatic heterocycles. The number of hydrogen-bond acceptors (Lipinski definition) is 4. The third-order valence-corrected chi connectivity index (χ3v) is 4.39. The highest BCUT2D eigenvalue weighted by Crippen LogP contribution is 2.31. The average molecular weight is 343 g/mol. The molecule has 4 nitrogen and oxygen atoms in total. The van der Waals surface area contributed by atoms with Crippen LogP contribution in [0.2, 0.25) is 0 Å². The van der Waals surface area contributed by atoms with Crippen molar-refractivity contribution in [2.75, 3.05) is 32.8 Å². The van der Waals surface area contributed by atoms with Crippen molar-refractivity contribution in [1.82, 2.24) is 10.2 Å². The zero-order chi connectivity index (χ0) is 14.5. The van der Waals surface area contributed by atoms with Crippen LogP contribution in [-0.2, 0) is 0 Å². The topological polar surface area (TPSA) is 44.7 Å². The number of aliphatic hydroxyl groups excluding tert-OH is 1. The molecule has 0 aliphatic carbocycles. The lowest BCUT2D eigenvalue weighted by Crippen LogP contribution is -2.51. The number of halogens is 1. The van der Waals surface area contributed by atoms with E-state index in [1.165, 1.54) is 0 Å². The van der Waals surface area contributed by atoms with E-state index in [-0.39, 0.29) is 12.6 Å². The maximum atomic E-state index is 9.80. The molecule has 0 radical (unpaired) electrons. The Morgan fingerprint density at radius 2 is 2.35 bits per heavy atom. The maximum absolute atomic E-state index is 9.80. The van der Waals surface area contributed by atoms with E-state index in [9.17, 15) is 5.11 Å². The molecule has 1 aromatic rings. The minimum absolute atomic E-state index is 0.0408. The molecule has 112 valence electrons. The van der Waals surface area contributed by atoms with Crippen LogP contribution in [0.1, 0.15) is 25.5 Å². The molecule has 1 aliphatic heterocycles. The van der Waals surface area contributed by atoms with Crippen LogP contribution < -0.4 is 10.1 Å². The summed E-state index contributed by atoms with van der Waals surface area (Å²) < 4.78 is 6.48. The molecular weight excluding hydrogens is 320 g/mol. The highest BCUT2D eigenvalue weighted by Gasteiger charge is 2.27. The zero-order valence-electron chi connectivity index (χ0n) is 12.1. The Bertz CT molecular complexity index is 442. The molecule has 2 N–H and O–H groups in total. The van der Waals surface area contributed by atoms with E-state index in [4.69, 9.17) is 4.74 Å². The van der Waals surface area contributed by atoms with Crippen LogP contribution in [0.3, 0.4) is 0 Å². The highest BCUT2D eigenvalue weighted by atomic mass is 79.9. The van der Waals surface area contributed by atoms with E-state index in [0.29, 0.717) is 12.6 Å². The minimum atomic E-state index is 0.0408. The lowest BCUT2D eigenvalue weighted by atomic mass is 10.0. The smallest absolute Gasteiger partial charge is 0.133 e. The van der Waals surface area contributed by atoms with Gasteiger partial charge in [0.1, 0.15) is 5.75 Å². The summed E-state index contributed by atoms with van der Waals surface area (Å²) in [5.74, 6) is 0.848. The average Bonchev–Trinajstić information content (AvgIpc) is 2.45. The molecule has 1 saturated heterocycles. The molecule has 1 fully saturated rings. The molecule has 0 spiro atoms. The van der Waals surface area contributed by atoms with Gasteiger partial charge in [0.25, 0.3) is 0 Å². The van der Waals surface area contributed by atoms with E-state index in [1.807, 2.05) is 19.1 Å². The summed E-state index contributed by atoms with van der Waals surface area (Å²) in [6.45, 7) is 7.84. The Kier molecular flexibility index (Phi) is 5.84. The van der Waals surface area contributed by atoms with Gasteiger partial charge in [0, 0.05) is 25.7 Å². The number of nitrogens with one attached hydrogen (secondary N) is 1. The summed E-state index contributed by atoms with van der Waals surface area (Å²) in [6.07, 6.45) is 0. The lowest BCUT2D eigenvalue weighted by molar-refractivity contribution is 0.0723. The number of benzene rings is 1. The van der Waals surface area contributed by atoms with Gasteiger partial charge >= 0.3 is 0 Å². The van der Waals surface area contributed by atoms with Crippen molar-refractivity contribution >= 4 is 15.9 Å². The zero-order valence-corrected chi connectivity index (χ0v) is 13.7. The molecule has 2 unspecified atom stereocenters. The summed E-state index contributed by atoms with van der Waals surface area (Å²) in [7, 11) is 0. The number of hydrogen-bond donors (Lipinski definition) is 2. The Hall–Kier alpha value is -0.620. The first-order valence-electron chi connectivity index (χ1n) is 7.17. The molecule has 2 atom stereocenters. The molecule has 20 heavy (non-hydrogen) atoms. The fourth-order valence-corrected chi connectivity index (χ4v) is 3.23. The predicted molar refractivity (Wildman–Crippen MR) is 84.2 cm³/mol. The lowest BCUT2D eigenvalue weighted by Gasteiger charge is -2.39. The molecule has 1 aliphatic rings. The fourth-order valence-electron chi connectivity index (χ4n) is 2.72. The van der Waals surface area contributed by atoms with Gasteiger partial charge in [-0.2, -0.15) is 0 Å². The Balaban J connectivity index is 2.20. The second-order valence-electron chi connectivity index (χ2n) is 5.11. The summed E-state index contributed by atoms with van der Waals surface area (Å²) in [5.41, 5.74) is 1.12. The van der Waals surface area contributed by atoms with Gasteiger partial charge in [-0.15, -0.1) is 0 Å². The van der Waals surface area contributed by atoms with Crippen LogP contribution in [0.5, 0.6) is 5.75 Å². The Labute approximate surface area is 129 Å². The number of aliphatic hydroxyl groups is 1. The SMILES string of the molecule is CCOc1ccc(C(CO)N2CCNCC2C)cc1Br. The van der Waals surface area contributed by atoms with Crippen molar-refractivity contribution in [3.8, 4) is 5.75 Å². The molecule has 0 bridgehead atoms. The van der Waals surface area contributed by atoms with Gasteiger partial charge in [-0.05, 0) is 47.5 Å². The number of rotatable bonds is 5. The van der Waals surface area contributed by atoms with Crippen LogP contribution in [0.25, 0.3) is 0 Å². The molecular formula is C15H23BrN2O2. The monoisotopic (exact) mass is 342 g/mol. The highest BCUT2D eigenvalue weighted by molar-refractivity contribution is 9.10. The van der Waals surface area contributed by atoms with E-state index in [0.717, 1.165) is 35.4 Å². The van der Waals surface area contributed by atoms with Crippen LogP contribution in [0.4, 0.5) is 0 Å². The van der Waals surface area contributed by atoms with Gasteiger partial charge in [-0.25, -0.2) is 0 Å². The van der Waals surface area contributed by atoms with Crippen molar-refractivity contribution in [1.29, 1.82) is 0 Å². The van der Waals surface area contributed by atoms with Gasteiger partial charge in [0.15, 0.2) is 0 Å². The maximum Gasteiger partial charge on any atom is 0.133 e. The van der Waals surface area contributed by atoms with Crippen LogP contribution >= 0.6 is 15.9 Å². The van der Waals surface area contributed by atoms with E-state index < -0.39 is 0 Å². The van der Waals surface area contributed by atoms with Crippen molar-refractivity contribution < 1.29 is 9.84 Å². The number of nitrogens with zero attached hydrogens (tertiary/aromatic N) is 1. The van der Waals surface area contributed by atoms with Gasteiger partial charge in [0.2, 0.25) is 0 Å². The van der Waals surface area contributed by atoms with Gasteiger partial charge in [-0.1, -0.05) is 6.07 Å². The van der Waals surface area contributed by atoms with Crippen molar-refractivity contribution in [3.63, 3.8) is 0 Å². The van der Waals surface area contributed by atoms with Gasteiger partial charge in [-0.3, -0.25) is 4.90 Å². The molecule has 0 amide bonds. The molecule has 1 aromatic carbocycles. The first kappa shape index (κ1) is 15.8. The van der Waals surface area contributed by atoms with E-state index in [1.54, 1.807) is 0 Å². The molecule has 0 saturated carbocycles. The summed E-state index contributed by atoms with van der Waals surface area (Å²) >= 11 is 3.55. The predicted octanol–water partition coefficient (Wildman–Crippen LogP) is 2.17.